The molecule has 0 aliphatic rings. The zero-order valence-electron chi connectivity index (χ0n) is 10.7. The summed E-state index contributed by atoms with van der Waals surface area (Å²) < 4.78 is 29.6. The average Bonchev–Trinajstić information content (AvgIpc) is 2.29. The Morgan fingerprint density at radius 2 is 1.78 bits per heavy atom. The number of nitrogens with zero attached hydrogens (tertiary/aromatic N) is 1. The quantitative estimate of drug-likeness (QED) is 0.632. The fourth-order valence-electron chi connectivity index (χ4n) is 1.54. The first-order valence-electron chi connectivity index (χ1n) is 5.43. The summed E-state index contributed by atoms with van der Waals surface area (Å²) in [7, 11) is -2.99. The minimum Gasteiger partial charge on any atom is -0.481 e. The van der Waals surface area contributed by atoms with Crippen LogP contribution >= 0.6 is 0 Å². The molecule has 0 bridgehead atoms. The van der Waals surface area contributed by atoms with Crippen LogP contribution in [0.4, 0.5) is 4.79 Å². The van der Waals surface area contributed by atoms with Gasteiger partial charge in [-0.05, 0) is 13.8 Å². The van der Waals surface area contributed by atoms with E-state index in [1.165, 1.54) is 0 Å². The lowest BCUT2D eigenvalue weighted by Gasteiger charge is -2.33. The van der Waals surface area contributed by atoms with Gasteiger partial charge in [-0.1, -0.05) is 0 Å². The van der Waals surface area contributed by atoms with Gasteiger partial charge in [0.15, 0.2) is 0 Å². The van der Waals surface area contributed by atoms with Crippen molar-refractivity contribution in [3.63, 3.8) is 0 Å². The van der Waals surface area contributed by atoms with Gasteiger partial charge in [0.25, 0.3) is 0 Å². The van der Waals surface area contributed by atoms with Crippen molar-refractivity contribution in [2.24, 2.45) is 0 Å². The summed E-state index contributed by atoms with van der Waals surface area (Å²) in [5.41, 5.74) is 0. The minimum atomic E-state index is -4.04. The lowest BCUT2D eigenvalue weighted by molar-refractivity contribution is -0.802. The number of carbonyl (C=O) groups is 2. The van der Waals surface area contributed by atoms with Crippen LogP contribution in [-0.4, -0.2) is 56.2 Å². The maximum atomic E-state index is 12.1. The molecule has 0 unspecified atom stereocenters. The average molecular weight is 283 g/mol. The third-order valence-corrected chi connectivity index (χ3v) is 4.94. The molecule has 0 aliphatic carbocycles. The number of carboxylic acids is 1. The number of ether oxygens (including phenoxy) is 1. The molecular weight excluding hydrogens is 264 g/mol. The second-order valence-electron chi connectivity index (χ2n) is 3.63. The van der Waals surface area contributed by atoms with Crippen molar-refractivity contribution in [3.8, 4) is 0 Å². The smallest absolute Gasteiger partial charge is 0.424 e. The molecule has 9 heteroatoms. The zero-order valence-corrected chi connectivity index (χ0v) is 11.5. The standard InChI is InChI=1S/C9H18N2O6S/c1-4-11(5-2,7-6-8(12)13)18(15,16)10-9(14)17-3/h4-7H2,1-3H3,(H-,10,12,13,14)/p+1. The first-order chi connectivity index (χ1) is 8.24. The van der Waals surface area contributed by atoms with Gasteiger partial charge < -0.3 is 9.84 Å². The predicted molar refractivity (Wildman–Crippen MR) is 62.9 cm³/mol. The van der Waals surface area contributed by atoms with Crippen molar-refractivity contribution in [1.29, 1.82) is 0 Å². The molecule has 8 nitrogen and oxygen atoms in total. The topological polar surface area (TPSA) is 110 Å². The second-order valence-corrected chi connectivity index (χ2v) is 5.56. The molecule has 0 spiro atoms. The summed E-state index contributed by atoms with van der Waals surface area (Å²) in [6.45, 7) is 3.41. The van der Waals surface area contributed by atoms with E-state index in [9.17, 15) is 18.0 Å². The highest BCUT2D eigenvalue weighted by Gasteiger charge is 2.40. The van der Waals surface area contributed by atoms with E-state index < -0.39 is 26.2 Å². The molecule has 0 saturated heterocycles. The van der Waals surface area contributed by atoms with Crippen molar-refractivity contribution in [3.05, 3.63) is 0 Å². The lowest BCUT2D eigenvalue weighted by Crippen LogP contribution is -2.59. The molecule has 106 valence electrons. The molecule has 0 aromatic heterocycles. The fourth-order valence-corrected chi connectivity index (χ4v) is 3.04. The second kappa shape index (κ2) is 6.55. The number of methoxy groups -OCH3 is 1. The van der Waals surface area contributed by atoms with Crippen molar-refractivity contribution >= 4 is 22.3 Å². The van der Waals surface area contributed by atoms with Gasteiger partial charge in [-0.15, -0.1) is 0 Å². The van der Waals surface area contributed by atoms with Gasteiger partial charge in [0.05, 0.1) is 26.6 Å². The summed E-state index contributed by atoms with van der Waals surface area (Å²) in [6.07, 6.45) is -1.39. The van der Waals surface area contributed by atoms with Gasteiger partial charge in [0.2, 0.25) is 0 Å². The molecule has 0 rings (SSSR count). The van der Waals surface area contributed by atoms with Crippen LogP contribution in [0.25, 0.3) is 0 Å². The Hall–Kier alpha value is -1.35. The van der Waals surface area contributed by atoms with Gasteiger partial charge in [0, 0.05) is 0 Å². The van der Waals surface area contributed by atoms with Gasteiger partial charge >= 0.3 is 22.3 Å². The van der Waals surface area contributed by atoms with Gasteiger partial charge in [0.1, 0.15) is 6.54 Å². The number of hydrogen-bond acceptors (Lipinski definition) is 5. The summed E-state index contributed by atoms with van der Waals surface area (Å²) in [4.78, 5) is 21.6. The largest absolute Gasteiger partial charge is 0.481 e. The highest BCUT2D eigenvalue weighted by Crippen LogP contribution is 2.15. The summed E-state index contributed by atoms with van der Waals surface area (Å²) in [5, 5.41) is 8.64. The monoisotopic (exact) mass is 283 g/mol. The number of amides is 1. The van der Waals surface area contributed by atoms with E-state index >= 15 is 0 Å². The Labute approximate surface area is 106 Å². The number of rotatable bonds is 7. The first-order valence-corrected chi connectivity index (χ1v) is 6.87. The molecule has 0 atom stereocenters. The highest BCUT2D eigenvalue weighted by atomic mass is 32.2. The van der Waals surface area contributed by atoms with Gasteiger partial charge in [-0.3, -0.25) is 4.79 Å². The van der Waals surface area contributed by atoms with Crippen LogP contribution in [-0.2, 0) is 19.7 Å². The van der Waals surface area contributed by atoms with E-state index in [1.807, 2.05) is 0 Å². The van der Waals surface area contributed by atoms with Gasteiger partial charge in [-0.25, -0.2) is 4.79 Å². The number of aliphatic carboxylic acids is 1. The van der Waals surface area contributed by atoms with E-state index in [2.05, 4.69) is 4.74 Å². The molecule has 0 radical (unpaired) electrons. The molecule has 0 heterocycles. The van der Waals surface area contributed by atoms with Crippen molar-refractivity contribution in [2.45, 2.75) is 20.3 Å². The third-order valence-electron chi connectivity index (χ3n) is 2.79. The van der Waals surface area contributed by atoms with Crippen LogP contribution in [0.5, 0.6) is 0 Å². The molecular formula is C9H19N2O6S+. The van der Waals surface area contributed by atoms with E-state index in [1.54, 1.807) is 18.6 Å². The fraction of sp³-hybridized carbons (Fsp3) is 0.778. The van der Waals surface area contributed by atoms with Crippen molar-refractivity contribution in [1.82, 2.24) is 4.72 Å². The Morgan fingerprint density at radius 3 is 2.11 bits per heavy atom. The SMILES string of the molecule is CC[N+](CC)(CCC(=O)O)S(=O)(=O)NC(=O)OC. The Kier molecular flexibility index (Phi) is 6.06. The molecule has 2 N–H and O–H groups in total. The molecule has 0 aromatic rings. The predicted octanol–water partition coefficient (Wildman–Crippen LogP) is -0.0815. The van der Waals surface area contributed by atoms with E-state index in [-0.39, 0.29) is 26.1 Å². The van der Waals surface area contributed by atoms with E-state index in [0.717, 1.165) is 7.11 Å². The normalized spacial score (nSPS) is 11.9. The van der Waals surface area contributed by atoms with Crippen LogP contribution in [0, 0.1) is 0 Å². The van der Waals surface area contributed by atoms with Crippen LogP contribution in [0.15, 0.2) is 0 Å². The number of carbonyl (C=O) groups excluding carboxylic acids is 1. The van der Waals surface area contributed by atoms with Crippen molar-refractivity contribution < 1.29 is 31.7 Å². The molecule has 0 aromatic carbocycles. The van der Waals surface area contributed by atoms with Crippen LogP contribution in [0.3, 0.4) is 0 Å². The highest BCUT2D eigenvalue weighted by molar-refractivity contribution is 7.84. The van der Waals surface area contributed by atoms with Crippen molar-refractivity contribution in [2.75, 3.05) is 26.7 Å². The molecule has 0 saturated carbocycles. The summed E-state index contributed by atoms with van der Waals surface area (Å²) >= 11 is 0. The van der Waals surface area contributed by atoms with Gasteiger partial charge in [-0.2, -0.15) is 17.0 Å². The maximum absolute atomic E-state index is 12.1. The third kappa shape index (κ3) is 3.84. The minimum absolute atomic E-state index is 0.116. The van der Waals surface area contributed by atoms with Crippen LogP contribution in [0.1, 0.15) is 20.3 Å². The number of hydrogen-bond donors (Lipinski definition) is 2. The number of quaternary nitrogens is 1. The van der Waals surface area contributed by atoms with E-state index in [4.69, 9.17) is 5.11 Å². The van der Waals surface area contributed by atoms with E-state index in [0.29, 0.717) is 0 Å². The number of carboxylic acid groups (broad SMARTS) is 1. The van der Waals surface area contributed by atoms with Crippen LogP contribution in [0.2, 0.25) is 0 Å². The Bertz CT molecular complexity index is 401. The summed E-state index contributed by atoms with van der Waals surface area (Å²) in [6, 6.07) is 0. The summed E-state index contributed by atoms with van der Waals surface area (Å²) in [5.74, 6) is -1.09. The Balaban J connectivity index is 5.18. The molecule has 0 aliphatic heterocycles. The Morgan fingerprint density at radius 1 is 1.28 bits per heavy atom. The molecule has 1 amide bonds. The lowest BCUT2D eigenvalue weighted by atomic mass is 10.4. The molecule has 0 fully saturated rings. The zero-order chi connectivity index (χ0) is 14.4. The van der Waals surface area contributed by atoms with Crippen LogP contribution < -0.4 is 4.72 Å². The maximum Gasteiger partial charge on any atom is 0.424 e. The molecule has 18 heavy (non-hydrogen) atoms. The number of nitrogens with one attached hydrogen (secondary N) is 1. The first kappa shape index (κ1) is 16.6.